The number of hydrogen-bond acceptors (Lipinski definition) is 3. The quantitative estimate of drug-likeness (QED) is 0.892. The van der Waals surface area contributed by atoms with Gasteiger partial charge >= 0.3 is 0 Å². The van der Waals surface area contributed by atoms with Crippen LogP contribution in [0.25, 0.3) is 0 Å². The van der Waals surface area contributed by atoms with Gasteiger partial charge in [0.05, 0.1) is 11.3 Å². The van der Waals surface area contributed by atoms with Gasteiger partial charge in [-0.05, 0) is 29.8 Å². The fourth-order valence-electron chi connectivity index (χ4n) is 1.84. The van der Waals surface area contributed by atoms with Gasteiger partial charge < -0.3 is 10.6 Å². The molecule has 0 bridgehead atoms. The van der Waals surface area contributed by atoms with Crippen molar-refractivity contribution in [2.75, 3.05) is 10.6 Å². The highest BCUT2D eigenvalue weighted by Gasteiger charge is 2.00. The third kappa shape index (κ3) is 3.59. The first-order valence-electron chi connectivity index (χ1n) is 6.28. The van der Waals surface area contributed by atoms with E-state index in [1.165, 1.54) is 6.92 Å². The molecule has 0 aromatic heterocycles. The molecule has 0 heterocycles. The molecule has 0 spiro atoms. The monoisotopic (exact) mass is 265 g/mol. The van der Waals surface area contributed by atoms with Crippen LogP contribution in [0.15, 0.2) is 48.5 Å². The van der Waals surface area contributed by atoms with E-state index in [0.29, 0.717) is 12.1 Å². The van der Waals surface area contributed by atoms with Crippen LogP contribution < -0.4 is 10.6 Å². The van der Waals surface area contributed by atoms with Gasteiger partial charge in [-0.1, -0.05) is 24.3 Å². The molecule has 20 heavy (non-hydrogen) atoms. The van der Waals surface area contributed by atoms with Crippen LogP contribution in [0.5, 0.6) is 0 Å². The third-order valence-electron chi connectivity index (χ3n) is 2.80. The number of anilines is 2. The standard InChI is InChI=1S/C16H15N3O/c1-12(20)19-15-8-6-13(7-9-15)11-18-16-5-3-2-4-14(16)10-17/h2-9,18H,11H2,1H3,(H,19,20). The average molecular weight is 265 g/mol. The number of carbonyl (C=O) groups excluding carboxylic acids is 1. The summed E-state index contributed by atoms with van der Waals surface area (Å²) in [5.74, 6) is -0.0844. The van der Waals surface area contributed by atoms with E-state index in [9.17, 15) is 4.79 Å². The molecule has 2 aromatic rings. The van der Waals surface area contributed by atoms with Crippen LogP contribution in [0, 0.1) is 11.3 Å². The number of amides is 1. The van der Waals surface area contributed by atoms with Gasteiger partial charge in [-0.25, -0.2) is 0 Å². The first-order valence-corrected chi connectivity index (χ1v) is 6.28. The van der Waals surface area contributed by atoms with E-state index in [1.54, 1.807) is 6.07 Å². The van der Waals surface area contributed by atoms with Gasteiger partial charge in [0.15, 0.2) is 0 Å². The summed E-state index contributed by atoms with van der Waals surface area (Å²) in [6.45, 7) is 2.10. The second kappa shape index (κ2) is 6.39. The molecule has 0 radical (unpaired) electrons. The Morgan fingerprint density at radius 2 is 1.85 bits per heavy atom. The number of rotatable bonds is 4. The third-order valence-corrected chi connectivity index (χ3v) is 2.80. The summed E-state index contributed by atoms with van der Waals surface area (Å²) in [7, 11) is 0. The molecule has 0 unspecified atom stereocenters. The Labute approximate surface area is 118 Å². The van der Waals surface area contributed by atoms with E-state index >= 15 is 0 Å². The molecule has 1 amide bonds. The van der Waals surface area contributed by atoms with Crippen LogP contribution in [0.1, 0.15) is 18.1 Å². The Morgan fingerprint density at radius 1 is 1.15 bits per heavy atom. The number of carbonyl (C=O) groups is 1. The Kier molecular flexibility index (Phi) is 4.35. The summed E-state index contributed by atoms with van der Waals surface area (Å²) in [6.07, 6.45) is 0. The van der Waals surface area contributed by atoms with Crippen molar-refractivity contribution < 1.29 is 4.79 Å². The SMILES string of the molecule is CC(=O)Nc1ccc(CNc2ccccc2C#N)cc1. The Balaban J connectivity index is 2.01. The molecule has 100 valence electrons. The summed E-state index contributed by atoms with van der Waals surface area (Å²) in [5.41, 5.74) is 3.30. The highest BCUT2D eigenvalue weighted by Crippen LogP contribution is 2.16. The molecule has 2 aromatic carbocycles. The smallest absolute Gasteiger partial charge is 0.221 e. The Hall–Kier alpha value is -2.80. The topological polar surface area (TPSA) is 64.9 Å². The summed E-state index contributed by atoms with van der Waals surface area (Å²) < 4.78 is 0. The maximum atomic E-state index is 10.9. The lowest BCUT2D eigenvalue weighted by molar-refractivity contribution is -0.114. The van der Waals surface area contributed by atoms with Crippen molar-refractivity contribution in [3.63, 3.8) is 0 Å². The van der Waals surface area contributed by atoms with E-state index in [0.717, 1.165) is 16.9 Å². The number of nitrogens with one attached hydrogen (secondary N) is 2. The molecular formula is C16H15N3O. The minimum absolute atomic E-state index is 0.0844. The summed E-state index contributed by atoms with van der Waals surface area (Å²) in [4.78, 5) is 10.9. The van der Waals surface area contributed by atoms with Crippen LogP contribution in [-0.4, -0.2) is 5.91 Å². The van der Waals surface area contributed by atoms with Crippen LogP contribution in [0.2, 0.25) is 0 Å². The van der Waals surface area contributed by atoms with Crippen LogP contribution in [-0.2, 0) is 11.3 Å². The first-order chi connectivity index (χ1) is 9.69. The van der Waals surface area contributed by atoms with Crippen LogP contribution in [0.3, 0.4) is 0 Å². The lowest BCUT2D eigenvalue weighted by Gasteiger charge is -2.09. The summed E-state index contributed by atoms with van der Waals surface area (Å²) in [5, 5.41) is 15.0. The van der Waals surface area contributed by atoms with Crippen LogP contribution >= 0.6 is 0 Å². The van der Waals surface area contributed by atoms with Gasteiger partial charge in [-0.15, -0.1) is 0 Å². The van der Waals surface area contributed by atoms with Crippen molar-refractivity contribution in [1.29, 1.82) is 5.26 Å². The zero-order chi connectivity index (χ0) is 14.4. The van der Waals surface area contributed by atoms with Crippen molar-refractivity contribution in [1.82, 2.24) is 0 Å². The number of para-hydroxylation sites is 1. The van der Waals surface area contributed by atoms with Gasteiger partial charge in [0.1, 0.15) is 6.07 Å². The maximum absolute atomic E-state index is 10.9. The Morgan fingerprint density at radius 3 is 2.50 bits per heavy atom. The average Bonchev–Trinajstić information content (AvgIpc) is 2.46. The lowest BCUT2D eigenvalue weighted by atomic mass is 10.1. The number of hydrogen-bond donors (Lipinski definition) is 2. The zero-order valence-electron chi connectivity index (χ0n) is 11.2. The summed E-state index contributed by atoms with van der Waals surface area (Å²) >= 11 is 0. The fourth-order valence-corrected chi connectivity index (χ4v) is 1.84. The predicted octanol–water partition coefficient (Wildman–Crippen LogP) is 3.13. The van der Waals surface area contributed by atoms with Crippen LogP contribution in [0.4, 0.5) is 11.4 Å². The normalized spacial score (nSPS) is 9.60. The zero-order valence-corrected chi connectivity index (χ0v) is 11.2. The van der Waals surface area contributed by atoms with E-state index < -0.39 is 0 Å². The highest BCUT2D eigenvalue weighted by molar-refractivity contribution is 5.88. The molecular weight excluding hydrogens is 250 g/mol. The molecule has 0 aliphatic carbocycles. The fraction of sp³-hybridized carbons (Fsp3) is 0.125. The number of benzene rings is 2. The van der Waals surface area contributed by atoms with Gasteiger partial charge in [0.25, 0.3) is 0 Å². The molecule has 4 heteroatoms. The molecule has 0 aliphatic heterocycles. The molecule has 0 saturated carbocycles. The van der Waals surface area contributed by atoms with E-state index in [1.807, 2.05) is 42.5 Å². The minimum Gasteiger partial charge on any atom is -0.380 e. The lowest BCUT2D eigenvalue weighted by Crippen LogP contribution is -2.06. The van der Waals surface area contributed by atoms with E-state index in [-0.39, 0.29) is 5.91 Å². The van der Waals surface area contributed by atoms with Crippen molar-refractivity contribution in [3.05, 3.63) is 59.7 Å². The van der Waals surface area contributed by atoms with Gasteiger partial charge in [-0.3, -0.25) is 4.79 Å². The maximum Gasteiger partial charge on any atom is 0.221 e. The molecule has 2 rings (SSSR count). The summed E-state index contributed by atoms with van der Waals surface area (Å²) in [6, 6.07) is 17.1. The molecule has 4 nitrogen and oxygen atoms in total. The van der Waals surface area contributed by atoms with Crippen molar-refractivity contribution in [2.45, 2.75) is 13.5 Å². The molecule has 0 aliphatic rings. The van der Waals surface area contributed by atoms with Gasteiger partial charge in [0.2, 0.25) is 5.91 Å². The number of nitrogens with zero attached hydrogens (tertiary/aromatic N) is 1. The van der Waals surface area contributed by atoms with Crippen molar-refractivity contribution in [2.24, 2.45) is 0 Å². The van der Waals surface area contributed by atoms with E-state index in [4.69, 9.17) is 5.26 Å². The minimum atomic E-state index is -0.0844. The highest BCUT2D eigenvalue weighted by atomic mass is 16.1. The van der Waals surface area contributed by atoms with Crippen molar-refractivity contribution in [3.8, 4) is 6.07 Å². The van der Waals surface area contributed by atoms with Crippen molar-refractivity contribution >= 4 is 17.3 Å². The van der Waals surface area contributed by atoms with E-state index in [2.05, 4.69) is 16.7 Å². The largest absolute Gasteiger partial charge is 0.380 e. The van der Waals surface area contributed by atoms with Gasteiger partial charge in [0, 0.05) is 19.2 Å². The molecule has 0 saturated heterocycles. The second-order valence-corrected chi connectivity index (χ2v) is 4.39. The predicted molar refractivity (Wildman–Crippen MR) is 79.2 cm³/mol. The number of nitriles is 1. The second-order valence-electron chi connectivity index (χ2n) is 4.39. The Bertz CT molecular complexity index is 642. The van der Waals surface area contributed by atoms with Gasteiger partial charge in [-0.2, -0.15) is 5.26 Å². The first kappa shape index (κ1) is 13.6. The molecule has 0 atom stereocenters. The molecule has 0 fully saturated rings. The molecule has 2 N–H and O–H groups in total.